The molecule has 1 aliphatic rings. The van der Waals surface area contributed by atoms with Crippen molar-refractivity contribution in [2.75, 3.05) is 18.0 Å². The maximum atomic E-state index is 11.1. The first-order valence-electron chi connectivity index (χ1n) is 6.54. The molecular weight excluding hydrogens is 308 g/mol. The maximum absolute atomic E-state index is 11.1. The summed E-state index contributed by atoms with van der Waals surface area (Å²) in [5, 5.41) is 12.4. The summed E-state index contributed by atoms with van der Waals surface area (Å²) in [7, 11) is 0. The number of carbonyl (C=O) groups is 1. The lowest BCUT2D eigenvalue weighted by atomic mass is 10.1. The van der Waals surface area contributed by atoms with Crippen molar-refractivity contribution in [3.63, 3.8) is 0 Å². The molecule has 19 heavy (non-hydrogen) atoms. The van der Waals surface area contributed by atoms with E-state index in [4.69, 9.17) is 5.11 Å². The first-order chi connectivity index (χ1) is 9.08. The Bertz CT molecular complexity index is 453. The summed E-state index contributed by atoms with van der Waals surface area (Å²) >= 11 is 3.48. The second-order valence-electron chi connectivity index (χ2n) is 4.98. The highest BCUT2D eigenvalue weighted by Crippen LogP contribution is 2.27. The van der Waals surface area contributed by atoms with Gasteiger partial charge in [0.25, 0.3) is 0 Å². The zero-order valence-electron chi connectivity index (χ0n) is 11.0. The molecular formula is C14H19BrN2O2. The minimum absolute atomic E-state index is 0.00991. The van der Waals surface area contributed by atoms with Crippen LogP contribution in [-0.2, 0) is 4.79 Å². The van der Waals surface area contributed by atoms with Crippen molar-refractivity contribution in [3.8, 4) is 0 Å². The zero-order valence-corrected chi connectivity index (χ0v) is 12.6. The summed E-state index contributed by atoms with van der Waals surface area (Å²) in [6, 6.07) is 8.38. The quantitative estimate of drug-likeness (QED) is 0.896. The molecule has 1 aromatic rings. The van der Waals surface area contributed by atoms with Gasteiger partial charge < -0.3 is 15.3 Å². The summed E-state index contributed by atoms with van der Waals surface area (Å²) in [6.07, 6.45) is 1.17. The van der Waals surface area contributed by atoms with Gasteiger partial charge in [-0.15, -0.1) is 0 Å². The first kappa shape index (κ1) is 14.3. The third-order valence-corrected chi connectivity index (χ3v) is 4.00. The lowest BCUT2D eigenvalue weighted by Gasteiger charge is -2.36. The van der Waals surface area contributed by atoms with Gasteiger partial charge in [-0.3, -0.25) is 4.79 Å². The molecule has 1 aliphatic heterocycles. The molecule has 4 nitrogen and oxygen atoms in total. The van der Waals surface area contributed by atoms with E-state index in [1.165, 1.54) is 0 Å². The SMILES string of the molecule is CC1CCNCC(CC(=O)O)N1c1cccc(Br)c1. The van der Waals surface area contributed by atoms with Crippen molar-refractivity contribution >= 4 is 27.6 Å². The highest BCUT2D eigenvalue weighted by molar-refractivity contribution is 9.10. The topological polar surface area (TPSA) is 52.6 Å². The molecule has 1 fully saturated rings. The highest BCUT2D eigenvalue weighted by atomic mass is 79.9. The van der Waals surface area contributed by atoms with Crippen molar-refractivity contribution in [1.29, 1.82) is 0 Å². The highest BCUT2D eigenvalue weighted by Gasteiger charge is 2.28. The van der Waals surface area contributed by atoms with Crippen molar-refractivity contribution in [2.45, 2.75) is 31.8 Å². The first-order valence-corrected chi connectivity index (χ1v) is 7.33. The summed E-state index contributed by atoms with van der Waals surface area (Å²) < 4.78 is 1.02. The molecule has 0 spiro atoms. The normalized spacial score (nSPS) is 24.0. The van der Waals surface area contributed by atoms with Gasteiger partial charge in [-0.05, 0) is 38.1 Å². The molecule has 0 saturated carbocycles. The second-order valence-corrected chi connectivity index (χ2v) is 5.90. The lowest BCUT2D eigenvalue weighted by molar-refractivity contribution is -0.137. The Labute approximate surface area is 121 Å². The predicted octanol–water partition coefficient (Wildman–Crippen LogP) is 2.48. The Kier molecular flexibility index (Phi) is 4.82. The Morgan fingerprint density at radius 2 is 2.37 bits per heavy atom. The number of carboxylic acid groups (broad SMARTS) is 1. The molecule has 2 atom stereocenters. The molecule has 0 aromatic heterocycles. The smallest absolute Gasteiger partial charge is 0.305 e. The summed E-state index contributed by atoms with van der Waals surface area (Å²) in [6.45, 7) is 3.80. The lowest BCUT2D eigenvalue weighted by Crippen LogP contribution is -2.45. The van der Waals surface area contributed by atoms with E-state index in [9.17, 15) is 4.79 Å². The molecule has 2 rings (SSSR count). The van der Waals surface area contributed by atoms with Crippen LogP contribution in [0.5, 0.6) is 0 Å². The van der Waals surface area contributed by atoms with E-state index < -0.39 is 5.97 Å². The van der Waals surface area contributed by atoms with Gasteiger partial charge in [-0.25, -0.2) is 0 Å². The van der Waals surface area contributed by atoms with Crippen molar-refractivity contribution < 1.29 is 9.90 Å². The molecule has 1 heterocycles. The van der Waals surface area contributed by atoms with E-state index in [1.54, 1.807) is 0 Å². The Balaban J connectivity index is 2.30. The number of anilines is 1. The van der Waals surface area contributed by atoms with Crippen LogP contribution in [0, 0.1) is 0 Å². The van der Waals surface area contributed by atoms with Gasteiger partial charge in [0.05, 0.1) is 12.5 Å². The summed E-state index contributed by atoms with van der Waals surface area (Å²) in [4.78, 5) is 13.3. The number of hydrogen-bond donors (Lipinski definition) is 2. The molecule has 1 saturated heterocycles. The Morgan fingerprint density at radius 3 is 3.05 bits per heavy atom. The zero-order chi connectivity index (χ0) is 13.8. The standard InChI is InChI=1S/C14H19BrN2O2/c1-10-5-6-16-9-13(8-14(18)19)17(10)12-4-2-3-11(15)7-12/h2-4,7,10,13,16H,5-6,8-9H2,1H3,(H,18,19). The fraction of sp³-hybridized carbons (Fsp3) is 0.500. The minimum atomic E-state index is -0.749. The van der Waals surface area contributed by atoms with Crippen molar-refractivity contribution in [3.05, 3.63) is 28.7 Å². The van der Waals surface area contributed by atoms with E-state index in [1.807, 2.05) is 18.2 Å². The van der Waals surface area contributed by atoms with E-state index in [2.05, 4.69) is 39.1 Å². The average Bonchev–Trinajstić information content (AvgIpc) is 2.50. The summed E-state index contributed by atoms with van der Waals surface area (Å²) in [5.41, 5.74) is 1.08. The number of nitrogens with zero attached hydrogens (tertiary/aromatic N) is 1. The van der Waals surface area contributed by atoms with Gasteiger partial charge >= 0.3 is 5.97 Å². The molecule has 0 radical (unpaired) electrons. The van der Waals surface area contributed by atoms with Gasteiger partial charge in [0.1, 0.15) is 0 Å². The van der Waals surface area contributed by atoms with Crippen LogP contribution in [-0.4, -0.2) is 36.2 Å². The van der Waals surface area contributed by atoms with Gasteiger partial charge in [0, 0.05) is 22.7 Å². The number of halogens is 1. The van der Waals surface area contributed by atoms with Crippen LogP contribution in [0.25, 0.3) is 0 Å². The van der Waals surface area contributed by atoms with Crippen molar-refractivity contribution in [1.82, 2.24) is 5.32 Å². The number of hydrogen-bond acceptors (Lipinski definition) is 3. The number of aliphatic carboxylic acids is 1. The van der Waals surface area contributed by atoms with Crippen molar-refractivity contribution in [2.24, 2.45) is 0 Å². The fourth-order valence-corrected chi connectivity index (χ4v) is 3.04. The summed E-state index contributed by atoms with van der Waals surface area (Å²) in [5.74, 6) is -0.749. The van der Waals surface area contributed by atoms with Gasteiger partial charge in [-0.2, -0.15) is 0 Å². The van der Waals surface area contributed by atoms with E-state index in [0.29, 0.717) is 12.6 Å². The monoisotopic (exact) mass is 326 g/mol. The number of benzene rings is 1. The van der Waals surface area contributed by atoms with E-state index in [0.717, 1.165) is 23.1 Å². The molecule has 0 bridgehead atoms. The van der Waals surface area contributed by atoms with E-state index >= 15 is 0 Å². The Morgan fingerprint density at radius 1 is 1.58 bits per heavy atom. The van der Waals surface area contributed by atoms with Crippen LogP contribution in [0.3, 0.4) is 0 Å². The maximum Gasteiger partial charge on any atom is 0.305 e. The minimum Gasteiger partial charge on any atom is -0.481 e. The van der Waals surface area contributed by atoms with Crippen LogP contribution < -0.4 is 10.2 Å². The molecule has 5 heteroatoms. The van der Waals surface area contributed by atoms with Gasteiger partial charge in [0.15, 0.2) is 0 Å². The van der Waals surface area contributed by atoms with Gasteiger partial charge in [0.2, 0.25) is 0 Å². The second kappa shape index (κ2) is 6.39. The van der Waals surface area contributed by atoms with Gasteiger partial charge in [-0.1, -0.05) is 22.0 Å². The van der Waals surface area contributed by atoms with Crippen LogP contribution in [0.15, 0.2) is 28.7 Å². The van der Waals surface area contributed by atoms with Crippen LogP contribution in [0.1, 0.15) is 19.8 Å². The molecule has 0 aliphatic carbocycles. The average molecular weight is 327 g/mol. The molecule has 2 N–H and O–H groups in total. The third kappa shape index (κ3) is 3.70. The molecule has 1 aromatic carbocycles. The number of nitrogens with one attached hydrogen (secondary N) is 1. The molecule has 2 unspecified atom stereocenters. The van der Waals surface area contributed by atoms with Crippen LogP contribution >= 0.6 is 15.9 Å². The molecule has 104 valence electrons. The number of carboxylic acids is 1. The Hall–Kier alpha value is -1.07. The largest absolute Gasteiger partial charge is 0.481 e. The fourth-order valence-electron chi connectivity index (χ4n) is 2.65. The van der Waals surface area contributed by atoms with Crippen LogP contribution in [0.4, 0.5) is 5.69 Å². The van der Waals surface area contributed by atoms with Crippen LogP contribution in [0.2, 0.25) is 0 Å². The number of rotatable bonds is 3. The predicted molar refractivity (Wildman–Crippen MR) is 79.6 cm³/mol. The molecule has 0 amide bonds. The third-order valence-electron chi connectivity index (χ3n) is 3.50. The van der Waals surface area contributed by atoms with E-state index in [-0.39, 0.29) is 12.5 Å².